The third-order valence-corrected chi connectivity index (χ3v) is 4.89. The van der Waals surface area contributed by atoms with Crippen molar-refractivity contribution in [1.29, 1.82) is 0 Å². The molecule has 28 heavy (non-hydrogen) atoms. The predicted octanol–water partition coefficient (Wildman–Crippen LogP) is 2.99. The maximum atomic E-state index is 12.2. The van der Waals surface area contributed by atoms with Gasteiger partial charge in [0.25, 0.3) is 11.8 Å². The number of carbonyl (C=O) groups is 2. The molecule has 0 fully saturated rings. The Hall–Kier alpha value is -3.19. The van der Waals surface area contributed by atoms with Crippen LogP contribution < -0.4 is 10.6 Å². The number of aromatic hydroxyl groups is 1. The van der Waals surface area contributed by atoms with Gasteiger partial charge >= 0.3 is 0 Å². The average Bonchev–Trinajstić information content (AvgIpc) is 3.17. The highest BCUT2D eigenvalue weighted by Gasteiger charge is 2.11. The minimum absolute atomic E-state index is 0.119. The first kappa shape index (κ1) is 19.6. The highest BCUT2D eigenvalue weighted by atomic mass is 32.1. The fourth-order valence-electron chi connectivity index (χ4n) is 2.56. The number of thiazole rings is 1. The lowest BCUT2D eigenvalue weighted by atomic mass is 10.2. The van der Waals surface area contributed by atoms with E-state index in [4.69, 9.17) is 0 Å². The fraction of sp³-hybridized carbons (Fsp3) is 0.190. The third kappa shape index (κ3) is 5.65. The SMILES string of the molecule is O=C(NCCCNC(=O)c1csc(Cc2ccccc2)n1)c1ccc(O)cc1. The monoisotopic (exact) mass is 395 g/mol. The molecular weight excluding hydrogens is 374 g/mol. The topological polar surface area (TPSA) is 91.3 Å². The molecule has 2 amide bonds. The van der Waals surface area contributed by atoms with E-state index in [1.165, 1.54) is 23.5 Å². The van der Waals surface area contributed by atoms with E-state index in [-0.39, 0.29) is 17.6 Å². The minimum atomic E-state index is -0.212. The van der Waals surface area contributed by atoms with Crippen LogP contribution in [0.3, 0.4) is 0 Å². The van der Waals surface area contributed by atoms with Crippen LogP contribution in [0.2, 0.25) is 0 Å². The van der Waals surface area contributed by atoms with Gasteiger partial charge < -0.3 is 15.7 Å². The second-order valence-corrected chi connectivity index (χ2v) is 7.14. The summed E-state index contributed by atoms with van der Waals surface area (Å²) < 4.78 is 0. The Morgan fingerprint density at radius 1 is 0.929 bits per heavy atom. The molecule has 0 unspecified atom stereocenters. The number of benzene rings is 2. The van der Waals surface area contributed by atoms with E-state index in [0.717, 1.165) is 10.6 Å². The largest absolute Gasteiger partial charge is 0.508 e. The van der Waals surface area contributed by atoms with E-state index in [9.17, 15) is 14.7 Å². The number of nitrogens with zero attached hydrogens (tertiary/aromatic N) is 1. The smallest absolute Gasteiger partial charge is 0.270 e. The van der Waals surface area contributed by atoms with Gasteiger partial charge in [0.2, 0.25) is 0 Å². The Kier molecular flexibility index (Phi) is 6.75. The number of rotatable bonds is 8. The van der Waals surface area contributed by atoms with Crippen LogP contribution in [-0.4, -0.2) is 35.0 Å². The van der Waals surface area contributed by atoms with Crippen molar-refractivity contribution >= 4 is 23.2 Å². The standard InChI is InChI=1S/C21H21N3O3S/c25-17-9-7-16(8-10-17)20(26)22-11-4-12-23-21(27)18-14-28-19(24-18)13-15-5-2-1-3-6-15/h1-3,5-10,14,25H,4,11-13H2,(H,22,26)(H,23,27). The highest BCUT2D eigenvalue weighted by molar-refractivity contribution is 7.09. The minimum Gasteiger partial charge on any atom is -0.508 e. The molecule has 0 bridgehead atoms. The van der Waals surface area contributed by atoms with Crippen molar-refractivity contribution in [2.24, 2.45) is 0 Å². The van der Waals surface area contributed by atoms with Gasteiger partial charge in [-0.3, -0.25) is 9.59 Å². The summed E-state index contributed by atoms with van der Waals surface area (Å²) >= 11 is 1.47. The first-order chi connectivity index (χ1) is 13.6. The van der Waals surface area contributed by atoms with Crippen molar-refractivity contribution in [3.05, 3.63) is 81.8 Å². The molecule has 0 aliphatic heterocycles. The van der Waals surface area contributed by atoms with Gasteiger partial charge in [-0.25, -0.2) is 4.98 Å². The maximum absolute atomic E-state index is 12.2. The molecule has 6 nitrogen and oxygen atoms in total. The van der Waals surface area contributed by atoms with Crippen LogP contribution in [0.4, 0.5) is 0 Å². The van der Waals surface area contributed by atoms with Crippen molar-refractivity contribution < 1.29 is 14.7 Å². The normalized spacial score (nSPS) is 10.4. The molecule has 0 atom stereocenters. The Bertz CT molecular complexity index is 924. The number of aromatic nitrogens is 1. The van der Waals surface area contributed by atoms with Gasteiger partial charge in [-0.2, -0.15) is 0 Å². The Morgan fingerprint density at radius 2 is 1.61 bits per heavy atom. The Morgan fingerprint density at radius 3 is 2.32 bits per heavy atom. The maximum Gasteiger partial charge on any atom is 0.270 e. The Labute approximate surface area is 167 Å². The zero-order valence-corrected chi connectivity index (χ0v) is 16.0. The molecule has 2 aromatic carbocycles. The molecule has 0 saturated heterocycles. The van der Waals surface area contributed by atoms with Crippen LogP contribution >= 0.6 is 11.3 Å². The van der Waals surface area contributed by atoms with Crippen LogP contribution in [-0.2, 0) is 6.42 Å². The van der Waals surface area contributed by atoms with Crippen molar-refractivity contribution in [1.82, 2.24) is 15.6 Å². The van der Waals surface area contributed by atoms with Gasteiger partial charge in [0.05, 0.1) is 5.01 Å². The lowest BCUT2D eigenvalue weighted by Crippen LogP contribution is -2.30. The molecule has 1 aromatic heterocycles. The van der Waals surface area contributed by atoms with Crippen LogP contribution in [0.15, 0.2) is 60.0 Å². The molecule has 0 aliphatic rings. The van der Waals surface area contributed by atoms with Gasteiger partial charge in [0, 0.05) is 30.5 Å². The molecule has 3 rings (SSSR count). The van der Waals surface area contributed by atoms with E-state index in [0.29, 0.717) is 37.2 Å². The lowest BCUT2D eigenvalue weighted by molar-refractivity contribution is 0.0948. The lowest BCUT2D eigenvalue weighted by Gasteiger charge is -2.06. The number of phenolic OH excluding ortho intramolecular Hbond substituents is 1. The van der Waals surface area contributed by atoms with Crippen LogP contribution in [0.5, 0.6) is 5.75 Å². The second kappa shape index (κ2) is 9.66. The number of carbonyl (C=O) groups excluding carboxylic acids is 2. The number of hydrogen-bond donors (Lipinski definition) is 3. The van der Waals surface area contributed by atoms with Crippen molar-refractivity contribution in [3.8, 4) is 5.75 Å². The Balaban J connectivity index is 1.37. The summed E-state index contributed by atoms with van der Waals surface area (Å²) in [6.07, 6.45) is 1.32. The first-order valence-electron chi connectivity index (χ1n) is 8.95. The third-order valence-electron chi connectivity index (χ3n) is 4.04. The van der Waals surface area contributed by atoms with Gasteiger partial charge in [0.1, 0.15) is 11.4 Å². The predicted molar refractivity (Wildman–Crippen MR) is 109 cm³/mol. The average molecular weight is 395 g/mol. The van der Waals surface area contributed by atoms with Crippen LogP contribution in [0.1, 0.15) is 37.8 Å². The van der Waals surface area contributed by atoms with E-state index in [1.54, 1.807) is 17.5 Å². The number of hydrogen-bond acceptors (Lipinski definition) is 5. The summed E-state index contributed by atoms with van der Waals surface area (Å²) in [5.74, 6) is -0.301. The van der Waals surface area contributed by atoms with Crippen molar-refractivity contribution in [2.75, 3.05) is 13.1 Å². The molecule has 7 heteroatoms. The summed E-state index contributed by atoms with van der Waals surface area (Å²) in [5, 5.41) is 17.5. The van der Waals surface area contributed by atoms with Crippen molar-refractivity contribution in [3.63, 3.8) is 0 Å². The summed E-state index contributed by atoms with van der Waals surface area (Å²) in [6, 6.07) is 16.1. The van der Waals surface area contributed by atoms with E-state index < -0.39 is 0 Å². The zero-order valence-electron chi connectivity index (χ0n) is 15.2. The molecular formula is C21H21N3O3S. The van der Waals surface area contributed by atoms with E-state index in [2.05, 4.69) is 15.6 Å². The fourth-order valence-corrected chi connectivity index (χ4v) is 3.37. The summed E-state index contributed by atoms with van der Waals surface area (Å²) in [5.41, 5.74) is 2.06. The van der Waals surface area contributed by atoms with Crippen molar-refractivity contribution in [2.45, 2.75) is 12.8 Å². The summed E-state index contributed by atoms with van der Waals surface area (Å²) in [4.78, 5) is 28.5. The molecule has 0 radical (unpaired) electrons. The van der Waals surface area contributed by atoms with E-state index >= 15 is 0 Å². The van der Waals surface area contributed by atoms with Crippen LogP contribution in [0, 0.1) is 0 Å². The molecule has 0 spiro atoms. The number of phenols is 1. The van der Waals surface area contributed by atoms with Crippen LogP contribution in [0.25, 0.3) is 0 Å². The summed E-state index contributed by atoms with van der Waals surface area (Å²) in [7, 11) is 0. The summed E-state index contributed by atoms with van der Waals surface area (Å²) in [6.45, 7) is 0.885. The highest BCUT2D eigenvalue weighted by Crippen LogP contribution is 2.14. The van der Waals surface area contributed by atoms with Gasteiger partial charge in [-0.15, -0.1) is 11.3 Å². The molecule has 0 saturated carbocycles. The number of nitrogens with one attached hydrogen (secondary N) is 2. The molecule has 1 heterocycles. The zero-order chi connectivity index (χ0) is 19.8. The van der Waals surface area contributed by atoms with Gasteiger partial charge in [0.15, 0.2) is 0 Å². The molecule has 3 N–H and O–H groups in total. The number of amides is 2. The first-order valence-corrected chi connectivity index (χ1v) is 9.83. The van der Waals surface area contributed by atoms with Gasteiger partial charge in [-0.05, 0) is 36.2 Å². The molecule has 0 aliphatic carbocycles. The molecule has 3 aromatic rings. The quantitative estimate of drug-likeness (QED) is 0.512. The van der Waals surface area contributed by atoms with Gasteiger partial charge in [-0.1, -0.05) is 30.3 Å². The van der Waals surface area contributed by atoms with E-state index in [1.807, 2.05) is 30.3 Å². The molecule has 144 valence electrons. The second-order valence-electron chi connectivity index (χ2n) is 6.20.